The first kappa shape index (κ1) is 13.4. The van der Waals surface area contributed by atoms with E-state index in [-0.39, 0.29) is 0 Å². The molecule has 0 saturated carbocycles. The summed E-state index contributed by atoms with van der Waals surface area (Å²) in [7, 11) is 1.66. The fraction of sp³-hybridized carbons (Fsp3) is 0.900. The maximum Gasteiger partial charge on any atom is 0.0865 e. The topological polar surface area (TPSA) is 45.5 Å². The third kappa shape index (κ3) is 7.99. The van der Waals surface area contributed by atoms with Crippen molar-refractivity contribution in [2.24, 2.45) is 0 Å². The summed E-state index contributed by atoms with van der Waals surface area (Å²) in [6, 6.07) is 2.15. The third-order valence-corrected chi connectivity index (χ3v) is 1.94. The predicted molar refractivity (Wildman–Crippen MR) is 55.0 cm³/mol. The maximum atomic E-state index is 8.50. The van der Waals surface area contributed by atoms with E-state index in [0.717, 1.165) is 26.1 Å². The van der Waals surface area contributed by atoms with Crippen LogP contribution < -0.4 is 0 Å². The first-order valence-corrected chi connectivity index (χ1v) is 5.01. The van der Waals surface area contributed by atoms with Crippen molar-refractivity contribution < 1.29 is 9.47 Å². The molecule has 0 radical (unpaired) electrons. The van der Waals surface area contributed by atoms with Crippen molar-refractivity contribution in [2.75, 3.05) is 46.6 Å². The average Bonchev–Trinajstić information content (AvgIpc) is 2.21. The minimum atomic E-state index is 0.509. The zero-order chi connectivity index (χ0) is 10.6. The molecule has 14 heavy (non-hydrogen) atoms. The third-order valence-electron chi connectivity index (χ3n) is 1.94. The Morgan fingerprint density at radius 1 is 1.29 bits per heavy atom. The zero-order valence-corrected chi connectivity index (χ0v) is 9.16. The molecule has 0 heterocycles. The summed E-state index contributed by atoms with van der Waals surface area (Å²) in [6.07, 6.45) is 0.971. The van der Waals surface area contributed by atoms with Gasteiger partial charge in [-0.05, 0) is 13.0 Å². The lowest BCUT2D eigenvalue weighted by Crippen LogP contribution is -2.25. The summed E-state index contributed by atoms with van der Waals surface area (Å²) in [6.45, 7) is 6.46. The molecule has 0 aromatic rings. The summed E-state index contributed by atoms with van der Waals surface area (Å²) >= 11 is 0. The second-order valence-corrected chi connectivity index (χ2v) is 2.99. The van der Waals surface area contributed by atoms with Crippen LogP contribution in [0, 0.1) is 11.3 Å². The van der Waals surface area contributed by atoms with Gasteiger partial charge in [-0.15, -0.1) is 0 Å². The van der Waals surface area contributed by atoms with Crippen LogP contribution in [-0.2, 0) is 9.47 Å². The van der Waals surface area contributed by atoms with E-state index in [1.165, 1.54) is 0 Å². The Morgan fingerprint density at radius 2 is 2.07 bits per heavy atom. The lowest BCUT2D eigenvalue weighted by atomic mass is 10.4. The van der Waals surface area contributed by atoms with Gasteiger partial charge in [0.15, 0.2) is 0 Å². The number of hydrogen-bond donors (Lipinski definition) is 0. The van der Waals surface area contributed by atoms with E-state index in [2.05, 4.69) is 17.9 Å². The number of hydrogen-bond acceptors (Lipinski definition) is 4. The number of nitrogens with zero attached hydrogens (tertiary/aromatic N) is 2. The van der Waals surface area contributed by atoms with Crippen LogP contribution in [0.25, 0.3) is 0 Å². The highest BCUT2D eigenvalue weighted by Gasteiger charge is 1.99. The number of ether oxygens (including phenoxy) is 2. The lowest BCUT2D eigenvalue weighted by Gasteiger charge is -2.15. The maximum absolute atomic E-state index is 8.50. The molecule has 0 unspecified atom stereocenters. The van der Waals surface area contributed by atoms with Gasteiger partial charge < -0.3 is 9.47 Å². The molecule has 82 valence electrons. The van der Waals surface area contributed by atoms with Gasteiger partial charge in [-0.2, -0.15) is 5.26 Å². The molecular formula is C10H20N2O2. The van der Waals surface area contributed by atoms with Gasteiger partial charge in [0.2, 0.25) is 0 Å². The fourth-order valence-electron chi connectivity index (χ4n) is 1.08. The molecule has 4 nitrogen and oxygen atoms in total. The highest BCUT2D eigenvalue weighted by molar-refractivity contribution is 4.75. The van der Waals surface area contributed by atoms with Crippen molar-refractivity contribution in [3.05, 3.63) is 0 Å². The molecule has 0 aromatic carbocycles. The van der Waals surface area contributed by atoms with Gasteiger partial charge in [-0.25, -0.2) is 0 Å². The van der Waals surface area contributed by atoms with Gasteiger partial charge in [-0.1, -0.05) is 6.92 Å². The highest BCUT2D eigenvalue weighted by atomic mass is 16.5. The highest BCUT2D eigenvalue weighted by Crippen LogP contribution is 1.91. The van der Waals surface area contributed by atoms with Gasteiger partial charge in [0, 0.05) is 20.3 Å². The van der Waals surface area contributed by atoms with E-state index in [1.807, 2.05) is 0 Å². The SMILES string of the molecule is CCN(CC#N)CCCOCCOC. The molecule has 0 atom stereocenters. The first-order chi connectivity index (χ1) is 6.85. The smallest absolute Gasteiger partial charge is 0.0865 e. The van der Waals surface area contributed by atoms with Crippen LogP contribution in [0.3, 0.4) is 0 Å². The van der Waals surface area contributed by atoms with E-state index in [4.69, 9.17) is 14.7 Å². The Morgan fingerprint density at radius 3 is 2.64 bits per heavy atom. The average molecular weight is 200 g/mol. The predicted octanol–water partition coefficient (Wildman–Crippen LogP) is 0.885. The van der Waals surface area contributed by atoms with Crippen LogP contribution in [0.15, 0.2) is 0 Å². The second-order valence-electron chi connectivity index (χ2n) is 2.99. The summed E-state index contributed by atoms with van der Waals surface area (Å²) in [5, 5.41) is 8.50. The van der Waals surface area contributed by atoms with E-state index < -0.39 is 0 Å². The van der Waals surface area contributed by atoms with Gasteiger partial charge >= 0.3 is 0 Å². The van der Waals surface area contributed by atoms with Crippen LogP contribution in [-0.4, -0.2) is 51.5 Å². The van der Waals surface area contributed by atoms with E-state index in [0.29, 0.717) is 19.8 Å². The Bertz CT molecular complexity index is 157. The van der Waals surface area contributed by atoms with Crippen molar-refractivity contribution in [3.63, 3.8) is 0 Å². The van der Waals surface area contributed by atoms with Gasteiger partial charge in [0.25, 0.3) is 0 Å². The molecule has 0 rings (SSSR count). The standard InChI is InChI=1S/C10H20N2O2/c1-3-12(7-5-11)6-4-8-14-10-9-13-2/h3-4,6-10H2,1-2H3. The van der Waals surface area contributed by atoms with Crippen LogP contribution >= 0.6 is 0 Å². The van der Waals surface area contributed by atoms with Crippen molar-refractivity contribution in [1.29, 1.82) is 5.26 Å². The number of rotatable bonds is 9. The zero-order valence-electron chi connectivity index (χ0n) is 9.16. The van der Waals surface area contributed by atoms with Crippen molar-refractivity contribution in [1.82, 2.24) is 4.90 Å². The first-order valence-electron chi connectivity index (χ1n) is 5.01. The molecule has 0 aliphatic heterocycles. The van der Waals surface area contributed by atoms with Crippen molar-refractivity contribution in [3.8, 4) is 6.07 Å². The summed E-state index contributed by atoms with van der Waals surface area (Å²) in [5.74, 6) is 0. The summed E-state index contributed by atoms with van der Waals surface area (Å²) in [5.41, 5.74) is 0. The molecular weight excluding hydrogens is 180 g/mol. The van der Waals surface area contributed by atoms with E-state index in [9.17, 15) is 0 Å². The monoisotopic (exact) mass is 200 g/mol. The summed E-state index contributed by atoms with van der Waals surface area (Å²) < 4.78 is 10.2. The van der Waals surface area contributed by atoms with Crippen LogP contribution in [0.1, 0.15) is 13.3 Å². The molecule has 0 fully saturated rings. The molecule has 0 spiro atoms. The molecule has 0 aromatic heterocycles. The van der Waals surface area contributed by atoms with Gasteiger partial charge in [0.05, 0.1) is 25.8 Å². The van der Waals surface area contributed by atoms with Crippen molar-refractivity contribution >= 4 is 0 Å². The Balaban J connectivity index is 3.21. The molecule has 0 saturated heterocycles. The molecule has 0 N–H and O–H groups in total. The van der Waals surface area contributed by atoms with Gasteiger partial charge in [-0.3, -0.25) is 4.90 Å². The molecule has 0 bridgehead atoms. The van der Waals surface area contributed by atoms with Crippen molar-refractivity contribution in [2.45, 2.75) is 13.3 Å². The van der Waals surface area contributed by atoms with E-state index >= 15 is 0 Å². The second kappa shape index (κ2) is 10.5. The van der Waals surface area contributed by atoms with Crippen LogP contribution in [0.2, 0.25) is 0 Å². The molecule has 0 aliphatic carbocycles. The minimum absolute atomic E-state index is 0.509. The van der Waals surface area contributed by atoms with Crippen LogP contribution in [0.5, 0.6) is 0 Å². The lowest BCUT2D eigenvalue weighted by molar-refractivity contribution is 0.0660. The normalized spacial score (nSPS) is 10.4. The molecule has 4 heteroatoms. The Hall–Kier alpha value is -0.630. The molecule has 0 amide bonds. The van der Waals surface area contributed by atoms with E-state index in [1.54, 1.807) is 7.11 Å². The number of nitriles is 1. The largest absolute Gasteiger partial charge is 0.382 e. The Labute approximate surface area is 86.4 Å². The minimum Gasteiger partial charge on any atom is -0.382 e. The van der Waals surface area contributed by atoms with Crippen LogP contribution in [0.4, 0.5) is 0 Å². The molecule has 0 aliphatic rings. The quantitative estimate of drug-likeness (QED) is 0.409. The summed E-state index contributed by atoms with van der Waals surface area (Å²) in [4.78, 5) is 2.10. The van der Waals surface area contributed by atoms with Gasteiger partial charge in [0.1, 0.15) is 0 Å². The fourth-order valence-corrected chi connectivity index (χ4v) is 1.08. The number of methoxy groups -OCH3 is 1. The Kier molecular flexibility index (Phi) is 9.98.